The first-order chi connectivity index (χ1) is 10.7. The number of rotatable bonds is 4. The van der Waals surface area contributed by atoms with Crippen molar-refractivity contribution in [2.45, 2.75) is 25.9 Å². The van der Waals surface area contributed by atoms with Crippen molar-refractivity contribution in [3.8, 4) is 5.75 Å². The maximum Gasteiger partial charge on any atom is 0.364 e. The van der Waals surface area contributed by atoms with Crippen LogP contribution >= 0.6 is 11.6 Å². The van der Waals surface area contributed by atoms with Crippen LogP contribution in [0.2, 0.25) is 5.02 Å². The van der Waals surface area contributed by atoms with Gasteiger partial charge in [-0.15, -0.1) is 0 Å². The van der Waals surface area contributed by atoms with E-state index in [0.717, 1.165) is 17.3 Å². The molecule has 0 aliphatic carbocycles. The van der Waals surface area contributed by atoms with Crippen molar-refractivity contribution in [1.82, 2.24) is 9.97 Å². The number of ether oxygens (including phenoxy) is 1. The molecule has 8 heteroatoms. The van der Waals surface area contributed by atoms with Gasteiger partial charge in [-0.2, -0.15) is 0 Å². The standard InChI is InChI=1S/C15H15ClN2O4S/c1-4-23(20,21)15-17-8-11(16)13(18-15)14(19)22-12-6-5-9(2)7-10(12)3/h5-8H,4H2,1-3H3. The molecule has 0 fully saturated rings. The number of esters is 1. The minimum atomic E-state index is -3.65. The van der Waals surface area contributed by atoms with Crippen molar-refractivity contribution in [2.75, 3.05) is 5.75 Å². The van der Waals surface area contributed by atoms with Crippen LogP contribution in [0.15, 0.2) is 29.6 Å². The Morgan fingerprint density at radius 1 is 1.30 bits per heavy atom. The largest absolute Gasteiger partial charge is 0.421 e. The van der Waals surface area contributed by atoms with E-state index in [1.807, 2.05) is 13.0 Å². The highest BCUT2D eigenvalue weighted by atomic mass is 35.5. The van der Waals surface area contributed by atoms with Crippen LogP contribution in [-0.2, 0) is 9.84 Å². The minimum Gasteiger partial charge on any atom is -0.421 e. The molecule has 1 heterocycles. The molecule has 2 aromatic rings. The van der Waals surface area contributed by atoms with Gasteiger partial charge in [-0.25, -0.2) is 23.2 Å². The molecule has 23 heavy (non-hydrogen) atoms. The molecule has 6 nitrogen and oxygen atoms in total. The highest BCUT2D eigenvalue weighted by Crippen LogP contribution is 2.22. The molecular formula is C15H15ClN2O4S. The lowest BCUT2D eigenvalue weighted by molar-refractivity contribution is 0.0726. The van der Waals surface area contributed by atoms with E-state index in [4.69, 9.17) is 16.3 Å². The molecule has 1 aromatic carbocycles. The first-order valence-corrected chi connectivity index (χ1v) is 8.82. The molecule has 0 saturated heterocycles. The van der Waals surface area contributed by atoms with Gasteiger partial charge < -0.3 is 4.74 Å². The zero-order valence-electron chi connectivity index (χ0n) is 12.8. The molecule has 122 valence electrons. The second-order valence-corrected chi connectivity index (χ2v) is 7.49. The summed E-state index contributed by atoms with van der Waals surface area (Å²) in [7, 11) is -3.65. The topological polar surface area (TPSA) is 86.2 Å². The Hall–Kier alpha value is -1.99. The Labute approximate surface area is 139 Å². The monoisotopic (exact) mass is 354 g/mol. The number of hydrogen-bond donors (Lipinski definition) is 0. The third-order valence-corrected chi connectivity index (χ3v) is 4.90. The van der Waals surface area contributed by atoms with Gasteiger partial charge in [-0.3, -0.25) is 0 Å². The van der Waals surface area contributed by atoms with E-state index < -0.39 is 21.0 Å². The molecule has 0 radical (unpaired) electrons. The number of halogens is 1. The average Bonchev–Trinajstić information content (AvgIpc) is 2.50. The van der Waals surface area contributed by atoms with E-state index >= 15 is 0 Å². The van der Waals surface area contributed by atoms with E-state index in [9.17, 15) is 13.2 Å². The van der Waals surface area contributed by atoms with Crippen LogP contribution in [0.3, 0.4) is 0 Å². The molecule has 1 aromatic heterocycles. The van der Waals surface area contributed by atoms with Gasteiger partial charge in [-0.05, 0) is 25.5 Å². The summed E-state index contributed by atoms with van der Waals surface area (Å²) in [6.07, 6.45) is 1.08. The second kappa shape index (κ2) is 6.64. The van der Waals surface area contributed by atoms with Crippen LogP contribution in [-0.4, -0.2) is 30.1 Å². The summed E-state index contributed by atoms with van der Waals surface area (Å²) < 4.78 is 28.9. The van der Waals surface area contributed by atoms with Crippen molar-refractivity contribution in [3.05, 3.63) is 46.2 Å². The fourth-order valence-electron chi connectivity index (χ4n) is 1.84. The maximum absolute atomic E-state index is 12.2. The van der Waals surface area contributed by atoms with Gasteiger partial charge in [0.25, 0.3) is 0 Å². The zero-order chi connectivity index (χ0) is 17.2. The van der Waals surface area contributed by atoms with E-state index in [-0.39, 0.29) is 16.5 Å². The van der Waals surface area contributed by atoms with Gasteiger partial charge in [0.1, 0.15) is 5.75 Å². The summed E-state index contributed by atoms with van der Waals surface area (Å²) in [4.78, 5) is 19.7. The number of sulfone groups is 1. The maximum atomic E-state index is 12.2. The van der Waals surface area contributed by atoms with Gasteiger partial charge >= 0.3 is 5.97 Å². The number of benzene rings is 1. The van der Waals surface area contributed by atoms with E-state index in [1.165, 1.54) is 6.92 Å². The predicted octanol–water partition coefficient (Wildman–Crippen LogP) is 2.76. The third-order valence-electron chi connectivity index (χ3n) is 3.11. The lowest BCUT2D eigenvalue weighted by Gasteiger charge is -2.09. The molecule has 0 saturated carbocycles. The summed E-state index contributed by atoms with van der Waals surface area (Å²) in [5, 5.41) is -0.521. The fourth-order valence-corrected chi connectivity index (χ4v) is 2.71. The number of nitrogens with zero attached hydrogens (tertiary/aromatic N) is 2. The second-order valence-electron chi connectivity index (χ2n) is 4.91. The lowest BCUT2D eigenvalue weighted by atomic mass is 10.1. The van der Waals surface area contributed by atoms with Crippen molar-refractivity contribution < 1.29 is 17.9 Å². The quantitative estimate of drug-likeness (QED) is 0.476. The van der Waals surface area contributed by atoms with Crippen LogP contribution in [0, 0.1) is 13.8 Å². The van der Waals surface area contributed by atoms with Crippen LogP contribution in [0.5, 0.6) is 5.75 Å². The highest BCUT2D eigenvalue weighted by molar-refractivity contribution is 7.91. The molecule has 0 N–H and O–H groups in total. The normalized spacial score (nSPS) is 11.3. The molecular weight excluding hydrogens is 340 g/mol. The minimum absolute atomic E-state index is 0.0742. The van der Waals surface area contributed by atoms with Crippen LogP contribution in [0.1, 0.15) is 28.5 Å². The number of hydrogen-bond acceptors (Lipinski definition) is 6. The van der Waals surface area contributed by atoms with Gasteiger partial charge in [0.2, 0.25) is 15.0 Å². The average molecular weight is 355 g/mol. The Kier molecular flexibility index (Phi) is 5.01. The molecule has 0 aliphatic rings. The van der Waals surface area contributed by atoms with Crippen LogP contribution < -0.4 is 4.74 Å². The van der Waals surface area contributed by atoms with E-state index in [2.05, 4.69) is 9.97 Å². The summed E-state index contributed by atoms with van der Waals surface area (Å²) in [5.74, 6) is -0.660. The lowest BCUT2D eigenvalue weighted by Crippen LogP contribution is -2.16. The molecule has 2 rings (SSSR count). The van der Waals surface area contributed by atoms with E-state index in [1.54, 1.807) is 19.1 Å². The summed E-state index contributed by atoms with van der Waals surface area (Å²) in [6.45, 7) is 5.17. The predicted molar refractivity (Wildman–Crippen MR) is 85.6 cm³/mol. The smallest absolute Gasteiger partial charge is 0.364 e. The first-order valence-electron chi connectivity index (χ1n) is 6.79. The van der Waals surface area contributed by atoms with Crippen molar-refractivity contribution in [1.29, 1.82) is 0 Å². The summed E-state index contributed by atoms with van der Waals surface area (Å²) >= 11 is 5.89. The number of carbonyl (C=O) groups is 1. The van der Waals surface area contributed by atoms with Gasteiger partial charge in [0.15, 0.2) is 5.69 Å². The Morgan fingerprint density at radius 2 is 2.00 bits per heavy atom. The van der Waals surface area contributed by atoms with Gasteiger partial charge in [0.05, 0.1) is 17.0 Å². The molecule has 0 unspecified atom stereocenters. The first kappa shape index (κ1) is 17.4. The molecule has 0 atom stereocenters. The highest BCUT2D eigenvalue weighted by Gasteiger charge is 2.22. The number of aryl methyl sites for hydroxylation is 2. The van der Waals surface area contributed by atoms with Gasteiger partial charge in [0, 0.05) is 0 Å². The number of aromatic nitrogens is 2. The van der Waals surface area contributed by atoms with Crippen molar-refractivity contribution in [2.24, 2.45) is 0 Å². The molecule has 0 amide bonds. The van der Waals surface area contributed by atoms with Crippen molar-refractivity contribution in [3.63, 3.8) is 0 Å². The van der Waals surface area contributed by atoms with E-state index in [0.29, 0.717) is 5.75 Å². The molecule has 0 spiro atoms. The van der Waals surface area contributed by atoms with Crippen molar-refractivity contribution >= 4 is 27.4 Å². The SMILES string of the molecule is CCS(=O)(=O)c1ncc(Cl)c(C(=O)Oc2ccc(C)cc2C)n1. The summed E-state index contributed by atoms with van der Waals surface area (Å²) in [5.41, 5.74) is 1.51. The zero-order valence-corrected chi connectivity index (χ0v) is 14.4. The molecule has 0 aliphatic heterocycles. The van der Waals surface area contributed by atoms with Crippen LogP contribution in [0.4, 0.5) is 0 Å². The van der Waals surface area contributed by atoms with Gasteiger partial charge in [-0.1, -0.05) is 36.2 Å². The molecule has 0 bridgehead atoms. The third kappa shape index (κ3) is 3.86. The Morgan fingerprint density at radius 3 is 2.61 bits per heavy atom. The van der Waals surface area contributed by atoms with Crippen LogP contribution in [0.25, 0.3) is 0 Å². The Bertz CT molecular complexity index is 866. The fraction of sp³-hybridized carbons (Fsp3) is 0.267. The summed E-state index contributed by atoms with van der Waals surface area (Å²) in [6, 6.07) is 5.31. The number of carbonyl (C=O) groups excluding carboxylic acids is 1. The Balaban J connectivity index is 2.37.